The lowest BCUT2D eigenvalue weighted by Gasteiger charge is -2.24. The van der Waals surface area contributed by atoms with Gasteiger partial charge < -0.3 is 18.9 Å². The van der Waals surface area contributed by atoms with Gasteiger partial charge in [-0.05, 0) is 89.9 Å². The summed E-state index contributed by atoms with van der Waals surface area (Å²) in [7, 11) is 1.43. The highest BCUT2D eigenvalue weighted by Crippen LogP contribution is 2.43. The number of carbonyl (C=O) groups excluding carboxylic acids is 2. The lowest BCUT2D eigenvalue weighted by Crippen LogP contribution is -2.37. The van der Waals surface area contributed by atoms with Gasteiger partial charge in [0.05, 0.1) is 27.7 Å². The van der Waals surface area contributed by atoms with E-state index in [1.165, 1.54) is 180 Å². The molecular formula is C72H127NO8P+. The minimum Gasteiger partial charge on any atom is -0.462 e. The second-order valence-electron chi connectivity index (χ2n) is 23.5. The molecule has 10 heteroatoms. The third-order valence-electron chi connectivity index (χ3n) is 14.3. The first-order chi connectivity index (χ1) is 40.0. The van der Waals surface area contributed by atoms with Crippen molar-refractivity contribution < 1.29 is 42.1 Å². The van der Waals surface area contributed by atoms with E-state index < -0.39 is 26.5 Å². The van der Waals surface area contributed by atoms with Gasteiger partial charge in [-0.25, -0.2) is 4.57 Å². The van der Waals surface area contributed by atoms with Crippen LogP contribution in [0.3, 0.4) is 0 Å². The predicted molar refractivity (Wildman–Crippen MR) is 353 cm³/mol. The average molecular weight is 1170 g/mol. The van der Waals surface area contributed by atoms with E-state index >= 15 is 0 Å². The molecule has 0 saturated carbocycles. The second kappa shape index (κ2) is 62.2. The van der Waals surface area contributed by atoms with Crippen LogP contribution < -0.4 is 0 Å². The Labute approximate surface area is 506 Å². The van der Waals surface area contributed by atoms with Crippen molar-refractivity contribution in [3.05, 3.63) is 109 Å². The van der Waals surface area contributed by atoms with Crippen LogP contribution in [0.4, 0.5) is 0 Å². The van der Waals surface area contributed by atoms with Gasteiger partial charge >= 0.3 is 19.8 Å². The minimum atomic E-state index is -4.41. The van der Waals surface area contributed by atoms with Gasteiger partial charge in [-0.3, -0.25) is 18.6 Å². The van der Waals surface area contributed by atoms with Gasteiger partial charge in [-0.15, -0.1) is 0 Å². The van der Waals surface area contributed by atoms with E-state index in [9.17, 15) is 19.0 Å². The van der Waals surface area contributed by atoms with E-state index in [0.717, 1.165) is 70.6 Å². The summed E-state index contributed by atoms with van der Waals surface area (Å²) in [4.78, 5) is 35.7. The first kappa shape index (κ1) is 78.7. The lowest BCUT2D eigenvalue weighted by molar-refractivity contribution is -0.870. The molecule has 0 spiro atoms. The Morgan fingerprint density at radius 2 is 0.720 bits per heavy atom. The molecule has 9 nitrogen and oxygen atoms in total. The van der Waals surface area contributed by atoms with Crippen LogP contribution in [-0.2, 0) is 32.7 Å². The molecular weight excluding hydrogens is 1040 g/mol. The monoisotopic (exact) mass is 1160 g/mol. The normalized spacial score (nSPS) is 13.9. The minimum absolute atomic E-state index is 0.0144. The van der Waals surface area contributed by atoms with Crippen LogP contribution in [0.2, 0.25) is 0 Å². The number of quaternary nitrogens is 1. The number of carbonyl (C=O) groups is 2. The van der Waals surface area contributed by atoms with Crippen molar-refractivity contribution in [1.82, 2.24) is 0 Å². The average Bonchev–Trinajstić information content (AvgIpc) is 3.46. The number of nitrogens with zero attached hydrogens (tertiary/aromatic N) is 1. The molecule has 2 unspecified atom stereocenters. The van der Waals surface area contributed by atoms with Gasteiger partial charge in [0.15, 0.2) is 6.10 Å². The van der Waals surface area contributed by atoms with Crippen molar-refractivity contribution in [2.45, 2.75) is 290 Å². The number of hydrogen-bond donors (Lipinski definition) is 1. The van der Waals surface area contributed by atoms with Gasteiger partial charge in [-0.2, -0.15) is 0 Å². The van der Waals surface area contributed by atoms with Crippen LogP contribution in [0.5, 0.6) is 0 Å². The summed E-state index contributed by atoms with van der Waals surface area (Å²) < 4.78 is 34.5. The molecule has 2 atom stereocenters. The zero-order chi connectivity index (χ0) is 59.8. The summed E-state index contributed by atoms with van der Waals surface area (Å²) in [6.07, 6.45) is 88.0. The third kappa shape index (κ3) is 65.8. The summed E-state index contributed by atoms with van der Waals surface area (Å²) >= 11 is 0. The molecule has 0 fully saturated rings. The third-order valence-corrected chi connectivity index (χ3v) is 15.3. The zero-order valence-electron chi connectivity index (χ0n) is 53.7. The molecule has 0 aliphatic heterocycles. The van der Waals surface area contributed by atoms with Gasteiger partial charge in [0.25, 0.3) is 0 Å². The van der Waals surface area contributed by atoms with E-state index in [1.54, 1.807) is 0 Å². The molecule has 82 heavy (non-hydrogen) atoms. The zero-order valence-corrected chi connectivity index (χ0v) is 54.6. The fourth-order valence-corrected chi connectivity index (χ4v) is 9.91. The Hall–Kier alpha value is -3.33. The molecule has 0 aliphatic carbocycles. The van der Waals surface area contributed by atoms with E-state index in [4.69, 9.17) is 18.5 Å². The number of rotatable bonds is 61. The number of ether oxygens (including phenoxy) is 2. The lowest BCUT2D eigenvalue weighted by atomic mass is 10.0. The molecule has 0 heterocycles. The molecule has 0 saturated heterocycles. The Balaban J connectivity index is 4.00. The smallest absolute Gasteiger partial charge is 0.462 e. The SMILES string of the molecule is CC/C=C\C/C=C\C/C=C\C/C=C\C/C=C\C/C=C\CCC(=O)OC(COC(=O)CCCCCCCCCCCCCCCCCCCCCCCCCC/C=C\C/C=C\C/C=C\CCCCCCC)COP(=O)(O)OCC[N+](C)(C)C. The summed E-state index contributed by atoms with van der Waals surface area (Å²) in [5.74, 6) is -0.892. The van der Waals surface area contributed by atoms with Crippen LogP contribution >= 0.6 is 7.82 Å². The van der Waals surface area contributed by atoms with Gasteiger partial charge in [-0.1, -0.05) is 290 Å². The van der Waals surface area contributed by atoms with Crippen LogP contribution in [0, 0.1) is 0 Å². The number of phosphoric ester groups is 1. The highest BCUT2D eigenvalue weighted by Gasteiger charge is 2.27. The highest BCUT2D eigenvalue weighted by atomic mass is 31.2. The van der Waals surface area contributed by atoms with Crippen LogP contribution in [0.1, 0.15) is 284 Å². The fourth-order valence-electron chi connectivity index (χ4n) is 9.17. The van der Waals surface area contributed by atoms with Crippen LogP contribution in [0.25, 0.3) is 0 Å². The fraction of sp³-hybridized carbons (Fsp3) is 0.722. The van der Waals surface area contributed by atoms with Gasteiger partial charge in [0, 0.05) is 12.8 Å². The van der Waals surface area contributed by atoms with Crippen molar-refractivity contribution in [3.63, 3.8) is 0 Å². The van der Waals surface area contributed by atoms with Crippen LogP contribution in [-0.4, -0.2) is 74.9 Å². The van der Waals surface area contributed by atoms with E-state index in [2.05, 4.69) is 111 Å². The van der Waals surface area contributed by atoms with E-state index in [0.29, 0.717) is 17.4 Å². The molecule has 0 aromatic heterocycles. The number of phosphoric acid groups is 1. The molecule has 0 rings (SSSR count). The highest BCUT2D eigenvalue weighted by molar-refractivity contribution is 7.47. The number of esters is 2. The molecule has 0 aromatic carbocycles. The van der Waals surface area contributed by atoms with Crippen molar-refractivity contribution in [2.75, 3.05) is 47.5 Å². The molecule has 0 aromatic rings. The Bertz CT molecular complexity index is 1750. The van der Waals surface area contributed by atoms with E-state index in [-0.39, 0.29) is 32.0 Å². The Morgan fingerprint density at radius 1 is 0.390 bits per heavy atom. The van der Waals surface area contributed by atoms with Crippen molar-refractivity contribution >= 4 is 19.8 Å². The maximum absolute atomic E-state index is 12.8. The predicted octanol–water partition coefficient (Wildman–Crippen LogP) is 21.7. The van der Waals surface area contributed by atoms with Gasteiger partial charge in [0.2, 0.25) is 0 Å². The largest absolute Gasteiger partial charge is 0.472 e. The maximum atomic E-state index is 12.8. The summed E-state index contributed by atoms with van der Waals surface area (Å²) in [6.45, 7) is 4.23. The number of unbranched alkanes of at least 4 members (excludes halogenated alkanes) is 29. The standard InChI is InChI=1S/C72H126NO8P/c1-6-8-10-12-14-16-18-20-22-24-26-27-28-29-30-31-32-33-34-35-36-37-38-39-40-41-42-43-44-45-47-48-50-52-54-56-58-60-62-64-71(74)78-68-70(69-80-82(76,77)79-67-66-73(3,4)5)81-72(75)65-63-61-59-57-55-53-51-49-46-25-23-21-19-17-15-13-11-9-7-2/h9,11,15,17-18,20-21,23-24,26,28-29,46,49,53,55,59,61,70H,6-8,10,12-14,16,19,22,25,27,30-45,47-48,50-52,54,56-58,60,62-69H2,1-5H3/p+1/b11-9-,17-15-,20-18-,23-21-,26-24-,29-28-,49-46-,55-53-,61-59-. The summed E-state index contributed by atoms with van der Waals surface area (Å²) in [5, 5.41) is 0. The molecule has 0 aliphatic rings. The topological polar surface area (TPSA) is 108 Å². The second-order valence-corrected chi connectivity index (χ2v) is 24.9. The molecule has 0 bridgehead atoms. The summed E-state index contributed by atoms with van der Waals surface area (Å²) in [6, 6.07) is 0. The molecule has 0 radical (unpaired) electrons. The van der Waals surface area contributed by atoms with Gasteiger partial charge in [0.1, 0.15) is 19.8 Å². The Morgan fingerprint density at radius 3 is 1.09 bits per heavy atom. The van der Waals surface area contributed by atoms with Crippen molar-refractivity contribution in [1.29, 1.82) is 0 Å². The Kier molecular flexibility index (Phi) is 59.7. The first-order valence-corrected chi connectivity index (χ1v) is 35.1. The first-order valence-electron chi connectivity index (χ1n) is 33.6. The quantitative estimate of drug-likeness (QED) is 0.0211. The molecule has 472 valence electrons. The number of hydrogen-bond acceptors (Lipinski definition) is 7. The van der Waals surface area contributed by atoms with Crippen LogP contribution in [0.15, 0.2) is 109 Å². The number of likely N-dealkylation sites (N-methyl/N-ethyl adjacent to an activating group) is 1. The van der Waals surface area contributed by atoms with Crippen molar-refractivity contribution in [2.24, 2.45) is 0 Å². The number of allylic oxidation sites excluding steroid dienone is 18. The van der Waals surface area contributed by atoms with E-state index in [1.807, 2.05) is 33.3 Å². The summed E-state index contributed by atoms with van der Waals surface area (Å²) in [5.41, 5.74) is 0. The molecule has 0 amide bonds. The molecule has 1 N–H and O–H groups in total. The maximum Gasteiger partial charge on any atom is 0.472 e. The van der Waals surface area contributed by atoms with Crippen molar-refractivity contribution in [3.8, 4) is 0 Å².